The highest BCUT2D eigenvalue weighted by Crippen LogP contribution is 2.23. The van der Waals surface area contributed by atoms with Gasteiger partial charge in [-0.2, -0.15) is 5.10 Å². The van der Waals surface area contributed by atoms with E-state index in [2.05, 4.69) is 10.2 Å². The van der Waals surface area contributed by atoms with Crippen molar-refractivity contribution >= 4 is 22.6 Å². The van der Waals surface area contributed by atoms with Crippen molar-refractivity contribution in [3.63, 3.8) is 0 Å². The largest absolute Gasteiger partial charge is 0.458 e. The van der Waals surface area contributed by atoms with Crippen molar-refractivity contribution in [1.82, 2.24) is 10.2 Å². The Kier molecular flexibility index (Phi) is 3.58. The van der Waals surface area contributed by atoms with Crippen LogP contribution in [0.15, 0.2) is 18.2 Å². The van der Waals surface area contributed by atoms with E-state index in [9.17, 15) is 4.79 Å². The third-order valence-corrected chi connectivity index (χ3v) is 3.86. The molecular weight excluding hydrogens is 254 g/mol. The second kappa shape index (κ2) is 5.53. The van der Waals surface area contributed by atoms with Gasteiger partial charge in [0, 0.05) is 11.1 Å². The molecule has 0 saturated heterocycles. The lowest BCUT2D eigenvalue weighted by Crippen LogP contribution is -2.18. The number of ether oxygens (including phenoxy) is 1. The van der Waals surface area contributed by atoms with E-state index in [4.69, 9.17) is 10.5 Å². The van der Waals surface area contributed by atoms with E-state index in [1.807, 2.05) is 6.07 Å². The van der Waals surface area contributed by atoms with Crippen LogP contribution in [0.1, 0.15) is 49.0 Å². The molecule has 1 fully saturated rings. The number of H-pyrrole nitrogens is 1. The minimum atomic E-state index is -0.353. The average Bonchev–Trinajstić information content (AvgIpc) is 2.67. The zero-order valence-corrected chi connectivity index (χ0v) is 11.4. The molecule has 0 radical (unpaired) electrons. The zero-order valence-electron chi connectivity index (χ0n) is 11.4. The number of rotatable bonds is 2. The van der Waals surface area contributed by atoms with Crippen molar-refractivity contribution < 1.29 is 9.53 Å². The number of carbonyl (C=O) groups excluding carboxylic acids is 1. The first-order valence-corrected chi connectivity index (χ1v) is 7.18. The Morgan fingerprint density at radius 1 is 1.25 bits per heavy atom. The number of esters is 1. The van der Waals surface area contributed by atoms with Gasteiger partial charge in [-0.15, -0.1) is 0 Å². The number of hydrogen-bond acceptors (Lipinski definition) is 4. The fourth-order valence-electron chi connectivity index (χ4n) is 2.75. The summed E-state index contributed by atoms with van der Waals surface area (Å²) in [6.07, 6.45) is 6.66. The number of anilines is 1. The van der Waals surface area contributed by atoms with Gasteiger partial charge < -0.3 is 10.5 Å². The maximum atomic E-state index is 12.3. The van der Waals surface area contributed by atoms with Gasteiger partial charge in [-0.3, -0.25) is 5.10 Å². The third-order valence-electron chi connectivity index (χ3n) is 3.86. The second-order valence-electron chi connectivity index (χ2n) is 5.40. The van der Waals surface area contributed by atoms with Crippen LogP contribution in [0.25, 0.3) is 10.9 Å². The number of carbonyl (C=O) groups is 1. The molecule has 5 heteroatoms. The predicted molar refractivity (Wildman–Crippen MR) is 77.4 cm³/mol. The van der Waals surface area contributed by atoms with Crippen LogP contribution in [-0.4, -0.2) is 22.3 Å². The first-order chi connectivity index (χ1) is 9.74. The minimum Gasteiger partial charge on any atom is -0.458 e. The molecule has 0 spiro atoms. The molecule has 0 amide bonds. The summed E-state index contributed by atoms with van der Waals surface area (Å²) in [4.78, 5) is 12.3. The number of aromatic nitrogens is 2. The molecular formula is C15H19N3O2. The number of nitrogen functional groups attached to an aromatic ring is 1. The summed E-state index contributed by atoms with van der Waals surface area (Å²) < 4.78 is 5.60. The summed E-state index contributed by atoms with van der Waals surface area (Å²) in [5, 5.41) is 7.64. The van der Waals surface area contributed by atoms with Gasteiger partial charge in [0.15, 0.2) is 5.69 Å². The fourth-order valence-corrected chi connectivity index (χ4v) is 2.75. The summed E-state index contributed by atoms with van der Waals surface area (Å²) in [6.45, 7) is 0. The van der Waals surface area contributed by atoms with Crippen LogP contribution in [0.2, 0.25) is 0 Å². The Bertz CT molecular complexity index is 613. The molecule has 3 N–H and O–H groups in total. The molecule has 1 aromatic heterocycles. The van der Waals surface area contributed by atoms with Gasteiger partial charge in [-0.05, 0) is 43.9 Å². The first-order valence-electron chi connectivity index (χ1n) is 7.18. The number of hydrogen-bond donors (Lipinski definition) is 2. The molecule has 3 rings (SSSR count). The van der Waals surface area contributed by atoms with Crippen LogP contribution in [0.5, 0.6) is 0 Å². The molecule has 0 atom stereocenters. The Hall–Kier alpha value is -2.04. The number of nitrogens with zero attached hydrogens (tertiary/aromatic N) is 1. The highest BCUT2D eigenvalue weighted by atomic mass is 16.5. The topological polar surface area (TPSA) is 81.0 Å². The molecule has 1 heterocycles. The Morgan fingerprint density at radius 3 is 2.75 bits per heavy atom. The van der Waals surface area contributed by atoms with E-state index in [1.165, 1.54) is 12.8 Å². The Balaban J connectivity index is 1.79. The molecule has 0 aliphatic heterocycles. The van der Waals surface area contributed by atoms with Gasteiger partial charge in [0.2, 0.25) is 0 Å². The average molecular weight is 273 g/mol. The Labute approximate surface area is 117 Å². The number of benzene rings is 1. The van der Waals surface area contributed by atoms with Crippen molar-refractivity contribution in [2.24, 2.45) is 0 Å². The van der Waals surface area contributed by atoms with E-state index in [0.29, 0.717) is 11.4 Å². The van der Waals surface area contributed by atoms with Gasteiger partial charge in [-0.25, -0.2) is 4.79 Å². The summed E-state index contributed by atoms with van der Waals surface area (Å²) in [7, 11) is 0. The predicted octanol–water partition coefficient (Wildman–Crippen LogP) is 3.02. The quantitative estimate of drug-likeness (QED) is 0.500. The van der Waals surface area contributed by atoms with Crippen LogP contribution < -0.4 is 5.73 Å². The molecule has 1 aromatic carbocycles. The molecule has 0 bridgehead atoms. The lowest BCUT2D eigenvalue weighted by molar-refractivity contribution is 0.0262. The van der Waals surface area contributed by atoms with Crippen molar-refractivity contribution in [3.05, 3.63) is 23.9 Å². The third kappa shape index (κ3) is 2.61. The molecule has 0 unspecified atom stereocenters. The van der Waals surface area contributed by atoms with Gasteiger partial charge in [0.1, 0.15) is 6.10 Å². The highest BCUT2D eigenvalue weighted by molar-refractivity contribution is 6.02. The molecule has 1 saturated carbocycles. The molecule has 1 aliphatic rings. The number of nitrogens with one attached hydrogen (secondary N) is 1. The molecule has 5 nitrogen and oxygen atoms in total. The van der Waals surface area contributed by atoms with E-state index >= 15 is 0 Å². The SMILES string of the molecule is Nc1ccc2[nH]nc(C(=O)OC3CCCCCC3)c2c1. The summed E-state index contributed by atoms with van der Waals surface area (Å²) in [5.74, 6) is -0.353. The summed E-state index contributed by atoms with van der Waals surface area (Å²) in [6, 6.07) is 5.35. The molecule has 2 aromatic rings. The number of aromatic amines is 1. The monoisotopic (exact) mass is 273 g/mol. The standard InChI is InChI=1S/C15H19N3O2/c16-10-7-8-13-12(9-10)14(18-17-13)15(19)20-11-5-3-1-2-4-6-11/h7-9,11H,1-6,16H2,(H,17,18). The van der Waals surface area contributed by atoms with Crippen LogP contribution in [0.3, 0.4) is 0 Å². The normalized spacial score (nSPS) is 17.0. The zero-order chi connectivity index (χ0) is 13.9. The van der Waals surface area contributed by atoms with Crippen molar-refractivity contribution in [2.75, 3.05) is 5.73 Å². The number of fused-ring (bicyclic) bond motifs is 1. The molecule has 1 aliphatic carbocycles. The lowest BCUT2D eigenvalue weighted by atomic mass is 10.1. The first kappa shape index (κ1) is 13.0. The highest BCUT2D eigenvalue weighted by Gasteiger charge is 2.21. The Morgan fingerprint density at radius 2 is 2.00 bits per heavy atom. The van der Waals surface area contributed by atoms with Crippen LogP contribution in [-0.2, 0) is 4.74 Å². The van der Waals surface area contributed by atoms with Crippen molar-refractivity contribution in [3.8, 4) is 0 Å². The van der Waals surface area contributed by atoms with E-state index in [-0.39, 0.29) is 12.1 Å². The van der Waals surface area contributed by atoms with Crippen molar-refractivity contribution in [2.45, 2.75) is 44.6 Å². The smallest absolute Gasteiger partial charge is 0.359 e. The summed E-state index contributed by atoms with van der Waals surface area (Å²) in [5.41, 5.74) is 7.50. The van der Waals surface area contributed by atoms with E-state index in [1.54, 1.807) is 12.1 Å². The van der Waals surface area contributed by atoms with Gasteiger partial charge in [-0.1, -0.05) is 12.8 Å². The number of nitrogens with two attached hydrogens (primary N) is 1. The minimum absolute atomic E-state index is 0.0257. The molecule has 106 valence electrons. The second-order valence-corrected chi connectivity index (χ2v) is 5.40. The van der Waals surface area contributed by atoms with Crippen LogP contribution in [0.4, 0.5) is 5.69 Å². The maximum Gasteiger partial charge on any atom is 0.359 e. The van der Waals surface area contributed by atoms with E-state index in [0.717, 1.165) is 36.6 Å². The van der Waals surface area contributed by atoms with Crippen LogP contribution in [0, 0.1) is 0 Å². The van der Waals surface area contributed by atoms with Crippen molar-refractivity contribution in [1.29, 1.82) is 0 Å². The van der Waals surface area contributed by atoms with Crippen LogP contribution >= 0.6 is 0 Å². The van der Waals surface area contributed by atoms with Gasteiger partial charge in [0.25, 0.3) is 0 Å². The van der Waals surface area contributed by atoms with Gasteiger partial charge in [0.05, 0.1) is 5.52 Å². The van der Waals surface area contributed by atoms with Gasteiger partial charge >= 0.3 is 5.97 Å². The maximum absolute atomic E-state index is 12.3. The fraction of sp³-hybridized carbons (Fsp3) is 0.467. The van der Waals surface area contributed by atoms with E-state index < -0.39 is 0 Å². The summed E-state index contributed by atoms with van der Waals surface area (Å²) >= 11 is 0. The molecule has 20 heavy (non-hydrogen) atoms. The lowest BCUT2D eigenvalue weighted by Gasteiger charge is -2.14.